The van der Waals surface area contributed by atoms with Crippen LogP contribution in [-0.2, 0) is 13.2 Å². The summed E-state index contributed by atoms with van der Waals surface area (Å²) in [5.74, 6) is 0.582. The second kappa shape index (κ2) is 7.69. The van der Waals surface area contributed by atoms with Crippen molar-refractivity contribution in [3.63, 3.8) is 0 Å². The van der Waals surface area contributed by atoms with Gasteiger partial charge in [-0.2, -0.15) is 5.26 Å². The van der Waals surface area contributed by atoms with E-state index < -0.39 is 0 Å². The molecule has 0 fully saturated rings. The molecule has 0 saturated carbocycles. The average molecular weight is 382 g/mol. The third-order valence-corrected chi connectivity index (χ3v) is 5.22. The zero-order valence-corrected chi connectivity index (χ0v) is 16.5. The summed E-state index contributed by atoms with van der Waals surface area (Å²) in [6, 6.07) is 22.6. The maximum Gasteiger partial charge on any atom is 0.253 e. The lowest BCUT2D eigenvalue weighted by molar-refractivity contribution is 0.289. The second-order valence-corrected chi connectivity index (χ2v) is 7.18. The van der Waals surface area contributed by atoms with Gasteiger partial charge in [-0.15, -0.1) is 5.10 Å². The third kappa shape index (κ3) is 3.65. The van der Waals surface area contributed by atoms with Crippen LogP contribution in [-0.4, -0.2) is 9.78 Å². The highest BCUT2D eigenvalue weighted by Crippen LogP contribution is 2.26. The molecule has 1 aromatic heterocycles. The van der Waals surface area contributed by atoms with Gasteiger partial charge in [0.05, 0.1) is 6.54 Å². The van der Waals surface area contributed by atoms with E-state index in [0.29, 0.717) is 19.0 Å². The summed E-state index contributed by atoms with van der Waals surface area (Å²) in [6.45, 7) is 4.94. The van der Waals surface area contributed by atoms with Crippen LogP contribution in [0.25, 0.3) is 10.8 Å². The first kappa shape index (κ1) is 18.6. The fraction of sp³-hybridized carbons (Fsp3) is 0.167. The Kier molecular flexibility index (Phi) is 4.92. The smallest absolute Gasteiger partial charge is 0.253 e. The molecule has 5 heteroatoms. The Labute approximate surface area is 170 Å². The van der Waals surface area contributed by atoms with Crippen LogP contribution in [0.3, 0.4) is 0 Å². The van der Waals surface area contributed by atoms with E-state index in [4.69, 9.17) is 10.5 Å². The molecule has 29 heavy (non-hydrogen) atoms. The molecule has 0 aliphatic heterocycles. The summed E-state index contributed by atoms with van der Waals surface area (Å²) in [6.07, 6.45) is 0. The van der Waals surface area contributed by atoms with Crippen LogP contribution in [0.5, 0.6) is 5.88 Å². The summed E-state index contributed by atoms with van der Waals surface area (Å²) < 4.78 is 7.50. The van der Waals surface area contributed by atoms with E-state index in [9.17, 15) is 5.26 Å². The lowest BCUT2D eigenvalue weighted by Gasteiger charge is -2.08. The van der Waals surface area contributed by atoms with E-state index in [0.717, 1.165) is 21.9 Å². The van der Waals surface area contributed by atoms with Gasteiger partial charge in [-0.05, 0) is 46.9 Å². The van der Waals surface area contributed by atoms with Gasteiger partial charge in [-0.1, -0.05) is 60.7 Å². The topological polar surface area (TPSA) is 76.9 Å². The summed E-state index contributed by atoms with van der Waals surface area (Å²) in [5.41, 5.74) is 11.0. The molecule has 3 aromatic carbocycles. The van der Waals surface area contributed by atoms with Gasteiger partial charge in [0.2, 0.25) is 0 Å². The molecular weight excluding hydrogens is 360 g/mol. The fourth-order valence-electron chi connectivity index (χ4n) is 3.42. The Morgan fingerprint density at radius 2 is 1.83 bits per heavy atom. The maximum absolute atomic E-state index is 9.56. The van der Waals surface area contributed by atoms with Crippen LogP contribution >= 0.6 is 0 Å². The normalized spacial score (nSPS) is 10.8. The number of hydrogen-bond acceptors (Lipinski definition) is 4. The number of nitrogen functional groups attached to an aromatic ring is 1. The summed E-state index contributed by atoms with van der Waals surface area (Å²) in [5, 5.41) is 16.3. The van der Waals surface area contributed by atoms with Crippen LogP contribution in [0, 0.1) is 25.2 Å². The Hall–Kier alpha value is -3.78. The third-order valence-electron chi connectivity index (χ3n) is 5.22. The number of ether oxygens (including phenoxy) is 1. The van der Waals surface area contributed by atoms with E-state index in [1.54, 1.807) is 4.68 Å². The molecule has 0 saturated heterocycles. The highest BCUT2D eigenvalue weighted by atomic mass is 16.5. The van der Waals surface area contributed by atoms with E-state index in [2.05, 4.69) is 55.3 Å². The van der Waals surface area contributed by atoms with Crippen molar-refractivity contribution >= 4 is 16.6 Å². The van der Waals surface area contributed by atoms with Gasteiger partial charge >= 0.3 is 0 Å². The maximum atomic E-state index is 9.56. The van der Waals surface area contributed by atoms with E-state index >= 15 is 0 Å². The van der Waals surface area contributed by atoms with Crippen LogP contribution in [0.4, 0.5) is 5.82 Å². The molecule has 0 aliphatic rings. The van der Waals surface area contributed by atoms with Crippen molar-refractivity contribution in [2.75, 3.05) is 5.73 Å². The van der Waals surface area contributed by atoms with Crippen LogP contribution < -0.4 is 10.5 Å². The zero-order valence-electron chi connectivity index (χ0n) is 16.5. The molecule has 0 atom stereocenters. The van der Waals surface area contributed by atoms with Crippen molar-refractivity contribution in [3.05, 3.63) is 88.5 Å². The van der Waals surface area contributed by atoms with Gasteiger partial charge in [0.15, 0.2) is 5.56 Å². The molecule has 2 N–H and O–H groups in total. The molecule has 0 radical (unpaired) electrons. The Morgan fingerprint density at radius 3 is 2.62 bits per heavy atom. The molecule has 4 rings (SSSR count). The van der Waals surface area contributed by atoms with Crippen molar-refractivity contribution in [2.45, 2.75) is 27.0 Å². The number of nitriles is 1. The molecule has 5 nitrogen and oxygen atoms in total. The van der Waals surface area contributed by atoms with E-state index in [1.165, 1.54) is 11.1 Å². The largest absolute Gasteiger partial charge is 0.471 e. The van der Waals surface area contributed by atoms with Gasteiger partial charge in [0, 0.05) is 0 Å². The Balaban J connectivity index is 1.61. The number of hydrogen-bond donors (Lipinski definition) is 1. The lowest BCUT2D eigenvalue weighted by atomic mass is 10.0. The van der Waals surface area contributed by atoms with Gasteiger partial charge in [-0.25, -0.2) is 4.68 Å². The summed E-state index contributed by atoms with van der Waals surface area (Å²) in [7, 11) is 0. The number of rotatable bonds is 5. The van der Waals surface area contributed by atoms with Crippen LogP contribution in [0.1, 0.15) is 27.8 Å². The minimum absolute atomic E-state index is 0.267. The number of aryl methyl sites for hydroxylation is 2. The number of benzene rings is 3. The minimum atomic E-state index is 0.267. The zero-order chi connectivity index (χ0) is 20.4. The first-order valence-electron chi connectivity index (χ1n) is 9.49. The number of nitrogens with two attached hydrogens (primary N) is 1. The summed E-state index contributed by atoms with van der Waals surface area (Å²) >= 11 is 0. The first-order valence-corrected chi connectivity index (χ1v) is 9.49. The number of anilines is 1. The number of aromatic nitrogens is 2. The molecule has 4 aromatic rings. The van der Waals surface area contributed by atoms with Crippen LogP contribution in [0.2, 0.25) is 0 Å². The predicted octanol–water partition coefficient (Wildman–Crippen LogP) is 4.73. The van der Waals surface area contributed by atoms with E-state index in [-0.39, 0.29) is 11.4 Å². The van der Waals surface area contributed by atoms with Gasteiger partial charge in [0.1, 0.15) is 18.5 Å². The van der Waals surface area contributed by atoms with Crippen molar-refractivity contribution in [1.82, 2.24) is 9.78 Å². The quantitative estimate of drug-likeness (QED) is 0.541. The molecule has 0 unspecified atom stereocenters. The van der Waals surface area contributed by atoms with Gasteiger partial charge < -0.3 is 10.5 Å². The first-order chi connectivity index (χ1) is 14.1. The van der Waals surface area contributed by atoms with Crippen molar-refractivity contribution in [1.29, 1.82) is 5.26 Å². The predicted molar refractivity (Wildman–Crippen MR) is 115 cm³/mol. The number of nitrogens with zero attached hydrogens (tertiary/aromatic N) is 3. The molecule has 1 heterocycles. The monoisotopic (exact) mass is 382 g/mol. The Bertz CT molecular complexity index is 1230. The van der Waals surface area contributed by atoms with Crippen molar-refractivity contribution in [3.8, 4) is 11.9 Å². The standard InChI is InChI=1S/C24H22N4O/c1-16-10-11-18(12-17(16)2)15-29-24-22(13-25)23(26)28(27-24)14-20-8-5-7-19-6-3-4-9-21(19)20/h3-12H,14-15,26H2,1-2H3. The average Bonchev–Trinajstić information content (AvgIpc) is 3.03. The summed E-state index contributed by atoms with van der Waals surface area (Å²) in [4.78, 5) is 0. The Morgan fingerprint density at radius 1 is 1.03 bits per heavy atom. The molecule has 0 aliphatic carbocycles. The molecule has 144 valence electrons. The van der Waals surface area contributed by atoms with Crippen LogP contribution in [0.15, 0.2) is 60.7 Å². The van der Waals surface area contributed by atoms with E-state index in [1.807, 2.05) is 30.3 Å². The number of fused-ring (bicyclic) bond motifs is 1. The molecule has 0 amide bonds. The molecule has 0 bridgehead atoms. The second-order valence-electron chi connectivity index (χ2n) is 7.18. The highest BCUT2D eigenvalue weighted by molar-refractivity contribution is 5.85. The lowest BCUT2D eigenvalue weighted by Crippen LogP contribution is -2.07. The molecule has 0 spiro atoms. The minimum Gasteiger partial charge on any atom is -0.471 e. The molecular formula is C24H22N4O. The van der Waals surface area contributed by atoms with Gasteiger partial charge in [-0.3, -0.25) is 0 Å². The van der Waals surface area contributed by atoms with Gasteiger partial charge in [0.25, 0.3) is 5.88 Å². The fourth-order valence-corrected chi connectivity index (χ4v) is 3.42. The van der Waals surface area contributed by atoms with Crippen molar-refractivity contribution < 1.29 is 4.74 Å². The van der Waals surface area contributed by atoms with Crippen molar-refractivity contribution in [2.24, 2.45) is 0 Å². The SMILES string of the molecule is Cc1ccc(COc2nn(Cc3cccc4ccccc34)c(N)c2C#N)cc1C. The highest BCUT2D eigenvalue weighted by Gasteiger charge is 2.18.